The Labute approximate surface area is 176 Å². The highest BCUT2D eigenvalue weighted by atomic mass is 16.6. The van der Waals surface area contributed by atoms with Crippen molar-refractivity contribution in [2.45, 2.75) is 59.5 Å². The summed E-state index contributed by atoms with van der Waals surface area (Å²) in [6.07, 6.45) is 2.19. The van der Waals surface area contributed by atoms with Gasteiger partial charge in [-0.2, -0.15) is 0 Å². The predicted molar refractivity (Wildman–Crippen MR) is 114 cm³/mol. The number of nitrogens with zero attached hydrogens (tertiary/aromatic N) is 2. The van der Waals surface area contributed by atoms with E-state index in [4.69, 9.17) is 9.47 Å². The molecule has 7 heteroatoms. The molecule has 2 aliphatic heterocycles. The van der Waals surface area contributed by atoms with Crippen LogP contribution in [0.3, 0.4) is 0 Å². The van der Waals surface area contributed by atoms with Crippen LogP contribution in [0, 0.1) is 17.8 Å². The average Bonchev–Trinajstić information content (AvgIpc) is 2.66. The number of carbonyl (C=O) groups is 2. The van der Waals surface area contributed by atoms with E-state index in [0.29, 0.717) is 37.3 Å². The molecule has 0 bridgehead atoms. The number of hydrogen-bond acceptors (Lipinski definition) is 5. The number of hydrogen-bond donors (Lipinski definition) is 1. The van der Waals surface area contributed by atoms with E-state index in [-0.39, 0.29) is 12.0 Å². The summed E-state index contributed by atoms with van der Waals surface area (Å²) in [5.41, 5.74) is -0.460. The molecule has 0 aromatic heterocycles. The van der Waals surface area contributed by atoms with Gasteiger partial charge in [0.25, 0.3) is 0 Å². The van der Waals surface area contributed by atoms with Crippen LogP contribution in [0.2, 0.25) is 0 Å². The van der Waals surface area contributed by atoms with Crippen LogP contribution in [0.25, 0.3) is 0 Å². The molecule has 0 saturated carbocycles. The molecule has 0 unspecified atom stereocenters. The fourth-order valence-corrected chi connectivity index (χ4v) is 4.09. The average molecular weight is 412 g/mol. The van der Waals surface area contributed by atoms with Crippen molar-refractivity contribution in [2.24, 2.45) is 17.8 Å². The monoisotopic (exact) mass is 411 g/mol. The molecule has 0 aromatic rings. The van der Waals surface area contributed by atoms with Crippen LogP contribution in [0.4, 0.5) is 4.79 Å². The lowest BCUT2D eigenvalue weighted by Crippen LogP contribution is -2.43. The topological polar surface area (TPSA) is 71.1 Å². The lowest BCUT2D eigenvalue weighted by atomic mass is 9.83. The Morgan fingerprint density at radius 2 is 1.72 bits per heavy atom. The minimum atomic E-state index is -0.460. The molecule has 0 radical (unpaired) electrons. The number of rotatable bonds is 7. The standard InChI is InChI=1S/C22H41N3O4/c1-17(16-24-10-12-28-13-11-24)15-23-20(26)14-18(2)19-6-8-25(9-7-19)21(27)29-22(3,4)5/h17-19H,6-16H2,1-5H3,(H,23,26)/t17-,18+/m1/s1. The molecule has 29 heavy (non-hydrogen) atoms. The van der Waals surface area contributed by atoms with Gasteiger partial charge in [-0.25, -0.2) is 4.79 Å². The highest BCUT2D eigenvalue weighted by Gasteiger charge is 2.29. The zero-order chi connectivity index (χ0) is 21.4. The van der Waals surface area contributed by atoms with Crippen molar-refractivity contribution in [1.82, 2.24) is 15.1 Å². The van der Waals surface area contributed by atoms with E-state index in [0.717, 1.165) is 52.2 Å². The zero-order valence-electron chi connectivity index (χ0n) is 19.0. The van der Waals surface area contributed by atoms with Crippen molar-refractivity contribution < 1.29 is 19.1 Å². The van der Waals surface area contributed by atoms with E-state index < -0.39 is 5.60 Å². The Kier molecular flexibility index (Phi) is 9.21. The second-order valence-corrected chi connectivity index (χ2v) is 9.81. The summed E-state index contributed by atoms with van der Waals surface area (Å²) < 4.78 is 10.8. The van der Waals surface area contributed by atoms with Crippen molar-refractivity contribution in [2.75, 3.05) is 52.5 Å². The summed E-state index contributed by atoms with van der Waals surface area (Å²) in [6.45, 7) is 16.7. The number of carbonyl (C=O) groups excluding carboxylic acids is 2. The van der Waals surface area contributed by atoms with Crippen molar-refractivity contribution in [3.8, 4) is 0 Å². The molecule has 2 aliphatic rings. The number of likely N-dealkylation sites (tertiary alicyclic amines) is 1. The van der Waals surface area contributed by atoms with Gasteiger partial charge in [-0.3, -0.25) is 9.69 Å². The van der Waals surface area contributed by atoms with Gasteiger partial charge in [0.2, 0.25) is 5.91 Å². The Balaban J connectivity index is 1.63. The van der Waals surface area contributed by atoms with Crippen molar-refractivity contribution in [3.63, 3.8) is 0 Å². The van der Waals surface area contributed by atoms with E-state index in [2.05, 4.69) is 24.1 Å². The van der Waals surface area contributed by atoms with Crippen LogP contribution in [0.15, 0.2) is 0 Å². The lowest BCUT2D eigenvalue weighted by molar-refractivity contribution is -0.122. The third kappa shape index (κ3) is 8.91. The molecule has 7 nitrogen and oxygen atoms in total. The summed E-state index contributed by atoms with van der Waals surface area (Å²) in [7, 11) is 0. The first-order valence-electron chi connectivity index (χ1n) is 11.2. The number of amides is 2. The first-order valence-corrected chi connectivity index (χ1v) is 11.2. The highest BCUT2D eigenvalue weighted by molar-refractivity contribution is 5.76. The normalized spacial score (nSPS) is 21.5. The van der Waals surface area contributed by atoms with E-state index >= 15 is 0 Å². The van der Waals surface area contributed by atoms with Gasteiger partial charge in [-0.05, 0) is 51.4 Å². The molecule has 2 amide bonds. The Hall–Kier alpha value is -1.34. The minimum absolute atomic E-state index is 0.140. The number of morpholine rings is 1. The maximum atomic E-state index is 12.4. The third-order valence-corrected chi connectivity index (χ3v) is 5.82. The molecule has 2 rings (SSSR count). The summed E-state index contributed by atoms with van der Waals surface area (Å²) in [6, 6.07) is 0. The van der Waals surface area contributed by atoms with E-state index in [1.165, 1.54) is 0 Å². The number of piperidine rings is 1. The molecule has 2 fully saturated rings. The molecule has 1 N–H and O–H groups in total. The SMILES string of the molecule is C[C@H](CNC(=O)C[C@H](C)C1CCN(C(=O)OC(C)(C)C)CC1)CN1CCOCC1. The quantitative estimate of drug-likeness (QED) is 0.697. The lowest BCUT2D eigenvalue weighted by Gasteiger charge is -2.35. The largest absolute Gasteiger partial charge is 0.444 e. The van der Waals surface area contributed by atoms with Gasteiger partial charge in [-0.1, -0.05) is 13.8 Å². The molecule has 2 saturated heterocycles. The van der Waals surface area contributed by atoms with Crippen molar-refractivity contribution in [1.29, 1.82) is 0 Å². The Bertz CT molecular complexity index is 521. The first kappa shape index (κ1) is 23.9. The van der Waals surface area contributed by atoms with Gasteiger partial charge in [0.05, 0.1) is 13.2 Å². The molecular formula is C22H41N3O4. The molecule has 0 aromatic carbocycles. The second kappa shape index (κ2) is 11.2. The Morgan fingerprint density at radius 1 is 1.10 bits per heavy atom. The molecule has 2 heterocycles. The molecule has 2 atom stereocenters. The predicted octanol–water partition coefficient (Wildman–Crippen LogP) is 2.74. The van der Waals surface area contributed by atoms with Gasteiger partial charge in [0, 0.05) is 45.7 Å². The summed E-state index contributed by atoms with van der Waals surface area (Å²) in [5, 5.41) is 3.11. The smallest absolute Gasteiger partial charge is 0.410 e. The summed E-state index contributed by atoms with van der Waals surface area (Å²) >= 11 is 0. The molecule has 0 spiro atoms. The van der Waals surface area contributed by atoms with E-state index in [1.54, 1.807) is 4.90 Å². The Morgan fingerprint density at radius 3 is 2.31 bits per heavy atom. The van der Waals surface area contributed by atoms with Crippen LogP contribution in [-0.2, 0) is 14.3 Å². The van der Waals surface area contributed by atoms with Crippen LogP contribution < -0.4 is 5.32 Å². The number of ether oxygens (including phenoxy) is 2. The maximum Gasteiger partial charge on any atom is 0.410 e. The van der Waals surface area contributed by atoms with E-state index in [1.807, 2.05) is 20.8 Å². The first-order chi connectivity index (χ1) is 13.6. The zero-order valence-corrected chi connectivity index (χ0v) is 19.0. The van der Waals surface area contributed by atoms with Crippen molar-refractivity contribution in [3.05, 3.63) is 0 Å². The van der Waals surface area contributed by atoms with Crippen molar-refractivity contribution >= 4 is 12.0 Å². The fourth-order valence-electron chi connectivity index (χ4n) is 4.09. The fraction of sp³-hybridized carbons (Fsp3) is 0.909. The minimum Gasteiger partial charge on any atom is -0.444 e. The maximum absolute atomic E-state index is 12.4. The van der Waals surface area contributed by atoms with Crippen LogP contribution in [0.5, 0.6) is 0 Å². The molecule has 0 aliphatic carbocycles. The molecule has 168 valence electrons. The highest BCUT2D eigenvalue weighted by Crippen LogP contribution is 2.28. The van der Waals surface area contributed by atoms with Gasteiger partial charge in [0.15, 0.2) is 0 Å². The van der Waals surface area contributed by atoms with Crippen LogP contribution in [0.1, 0.15) is 53.9 Å². The summed E-state index contributed by atoms with van der Waals surface area (Å²) in [5.74, 6) is 1.38. The van der Waals surface area contributed by atoms with E-state index in [9.17, 15) is 9.59 Å². The molecular weight excluding hydrogens is 370 g/mol. The van der Waals surface area contributed by atoms with Gasteiger partial charge in [-0.15, -0.1) is 0 Å². The number of nitrogens with one attached hydrogen (secondary N) is 1. The summed E-state index contributed by atoms with van der Waals surface area (Å²) in [4.78, 5) is 28.8. The third-order valence-electron chi connectivity index (χ3n) is 5.82. The van der Waals surface area contributed by atoms with Gasteiger partial charge < -0.3 is 19.7 Å². The second-order valence-electron chi connectivity index (χ2n) is 9.81. The van der Waals surface area contributed by atoms with Gasteiger partial charge >= 0.3 is 6.09 Å². The van der Waals surface area contributed by atoms with Crippen LogP contribution in [-0.4, -0.2) is 79.9 Å². The van der Waals surface area contributed by atoms with Gasteiger partial charge in [0.1, 0.15) is 5.60 Å². The van der Waals surface area contributed by atoms with Crippen LogP contribution >= 0.6 is 0 Å².